The van der Waals surface area contributed by atoms with Crippen molar-refractivity contribution in [3.63, 3.8) is 0 Å². The van der Waals surface area contributed by atoms with E-state index in [2.05, 4.69) is 4.90 Å². The Labute approximate surface area is 193 Å². The van der Waals surface area contributed by atoms with Gasteiger partial charge in [-0.05, 0) is 69.5 Å². The summed E-state index contributed by atoms with van der Waals surface area (Å²) >= 11 is 0. The Morgan fingerprint density at radius 3 is 2.33 bits per heavy atom. The van der Waals surface area contributed by atoms with Crippen LogP contribution >= 0.6 is 0 Å². The number of allylic oxidation sites excluding steroid dienone is 2. The van der Waals surface area contributed by atoms with Gasteiger partial charge in [0.05, 0.1) is 11.6 Å². The SMILES string of the molecule is NC(=O)C1(OC(=O)C2CC=CC2)CCC(CCN2CCN(c3ccc(F)cc3F)CC2)CC1. The maximum Gasteiger partial charge on any atom is 0.310 e. The number of carbonyl (C=O) groups is 2. The topological polar surface area (TPSA) is 75.9 Å². The van der Waals surface area contributed by atoms with Crippen molar-refractivity contribution in [3.05, 3.63) is 42.0 Å². The quantitative estimate of drug-likeness (QED) is 0.498. The number of ether oxygens (including phenoxy) is 1. The lowest BCUT2D eigenvalue weighted by Gasteiger charge is -2.39. The third-order valence-corrected chi connectivity index (χ3v) is 7.48. The Kier molecular flexibility index (Phi) is 7.32. The van der Waals surface area contributed by atoms with E-state index >= 15 is 0 Å². The number of primary amides is 1. The molecular formula is C25H33F2N3O3. The molecule has 8 heteroatoms. The molecule has 3 aliphatic rings. The van der Waals surface area contributed by atoms with Crippen LogP contribution in [0.3, 0.4) is 0 Å². The van der Waals surface area contributed by atoms with Crippen LogP contribution in [0.1, 0.15) is 44.9 Å². The molecule has 0 bridgehead atoms. The highest BCUT2D eigenvalue weighted by molar-refractivity contribution is 5.87. The first-order chi connectivity index (χ1) is 15.9. The molecule has 1 aromatic rings. The van der Waals surface area contributed by atoms with Crippen molar-refractivity contribution < 1.29 is 23.1 Å². The van der Waals surface area contributed by atoms with Gasteiger partial charge in [-0.25, -0.2) is 8.78 Å². The van der Waals surface area contributed by atoms with Crippen LogP contribution in [0.15, 0.2) is 30.4 Å². The lowest BCUT2D eigenvalue weighted by Crippen LogP contribution is -2.51. The van der Waals surface area contributed by atoms with Gasteiger partial charge in [0.25, 0.3) is 5.91 Å². The van der Waals surface area contributed by atoms with E-state index in [-0.39, 0.29) is 11.9 Å². The zero-order chi connectivity index (χ0) is 23.4. The molecule has 1 amide bonds. The van der Waals surface area contributed by atoms with Crippen molar-refractivity contribution in [2.24, 2.45) is 17.6 Å². The van der Waals surface area contributed by atoms with E-state index in [1.165, 1.54) is 12.1 Å². The number of rotatable bonds is 7. The molecule has 0 spiro atoms. The molecule has 2 fully saturated rings. The summed E-state index contributed by atoms with van der Waals surface area (Å²) in [6, 6.07) is 3.73. The Morgan fingerprint density at radius 1 is 1.06 bits per heavy atom. The third-order valence-electron chi connectivity index (χ3n) is 7.48. The molecule has 2 aliphatic carbocycles. The van der Waals surface area contributed by atoms with E-state index in [9.17, 15) is 18.4 Å². The number of halogens is 2. The molecule has 1 aromatic carbocycles. The van der Waals surface area contributed by atoms with Crippen LogP contribution < -0.4 is 10.6 Å². The van der Waals surface area contributed by atoms with Crippen LogP contribution in [0, 0.1) is 23.5 Å². The van der Waals surface area contributed by atoms with E-state index in [1.54, 1.807) is 0 Å². The van der Waals surface area contributed by atoms with Crippen LogP contribution in [0.4, 0.5) is 14.5 Å². The summed E-state index contributed by atoms with van der Waals surface area (Å²) in [5.74, 6) is -1.67. The maximum atomic E-state index is 14.0. The number of nitrogens with zero attached hydrogens (tertiary/aromatic N) is 2. The molecule has 180 valence electrons. The Bertz CT molecular complexity index is 883. The van der Waals surface area contributed by atoms with Gasteiger partial charge in [0, 0.05) is 32.2 Å². The third kappa shape index (κ3) is 5.54. The maximum absolute atomic E-state index is 14.0. The number of piperazine rings is 1. The van der Waals surface area contributed by atoms with Crippen LogP contribution in [0.2, 0.25) is 0 Å². The molecule has 2 N–H and O–H groups in total. The molecule has 6 nitrogen and oxygen atoms in total. The fraction of sp³-hybridized carbons (Fsp3) is 0.600. The van der Waals surface area contributed by atoms with Gasteiger partial charge in [0.15, 0.2) is 5.60 Å². The van der Waals surface area contributed by atoms with Gasteiger partial charge in [0.2, 0.25) is 0 Å². The normalized spacial score (nSPS) is 26.5. The summed E-state index contributed by atoms with van der Waals surface area (Å²) in [6.07, 6.45) is 8.84. The summed E-state index contributed by atoms with van der Waals surface area (Å²) in [6.45, 7) is 3.97. The Balaban J connectivity index is 1.21. The standard InChI is InChI=1S/C25H33F2N3O3/c26-20-5-6-22(21(27)17-20)30-15-13-29(14-16-30)12-9-18-7-10-25(11-8-18,24(28)32)33-23(31)19-3-1-2-4-19/h1-2,5-6,17-19H,3-4,7-16H2,(H2,28,32). The van der Waals surface area contributed by atoms with Gasteiger partial charge in [-0.15, -0.1) is 0 Å². The second-order valence-corrected chi connectivity index (χ2v) is 9.58. The summed E-state index contributed by atoms with van der Waals surface area (Å²) in [5, 5.41) is 0. The van der Waals surface area contributed by atoms with Gasteiger partial charge in [0.1, 0.15) is 11.6 Å². The highest BCUT2D eigenvalue weighted by Gasteiger charge is 2.45. The highest BCUT2D eigenvalue weighted by Crippen LogP contribution is 2.38. The minimum atomic E-state index is -1.17. The molecule has 0 unspecified atom stereocenters. The molecule has 0 radical (unpaired) electrons. The predicted molar refractivity (Wildman–Crippen MR) is 121 cm³/mol. The van der Waals surface area contributed by atoms with Crippen LogP contribution in [0.25, 0.3) is 0 Å². The van der Waals surface area contributed by atoms with E-state index in [0.29, 0.717) is 50.4 Å². The van der Waals surface area contributed by atoms with Crippen molar-refractivity contribution in [2.75, 3.05) is 37.6 Å². The van der Waals surface area contributed by atoms with E-state index in [4.69, 9.17) is 10.5 Å². The number of hydrogen-bond acceptors (Lipinski definition) is 5. The van der Waals surface area contributed by atoms with Gasteiger partial charge in [-0.2, -0.15) is 0 Å². The molecular weight excluding hydrogens is 428 g/mol. The number of amides is 1. The molecule has 1 aliphatic heterocycles. The highest BCUT2D eigenvalue weighted by atomic mass is 19.1. The minimum absolute atomic E-state index is 0.194. The summed E-state index contributed by atoms with van der Waals surface area (Å²) in [5.41, 5.74) is 4.96. The minimum Gasteiger partial charge on any atom is -0.449 e. The molecule has 1 saturated carbocycles. The van der Waals surface area contributed by atoms with Crippen LogP contribution in [-0.4, -0.2) is 55.1 Å². The number of esters is 1. The fourth-order valence-corrected chi connectivity index (χ4v) is 5.23. The van der Waals surface area contributed by atoms with Crippen molar-refractivity contribution >= 4 is 17.6 Å². The van der Waals surface area contributed by atoms with Crippen LogP contribution in [-0.2, 0) is 14.3 Å². The first-order valence-electron chi connectivity index (χ1n) is 12.0. The molecule has 4 rings (SSSR count). The number of carbonyl (C=O) groups excluding carboxylic acids is 2. The van der Waals surface area contributed by atoms with Crippen molar-refractivity contribution in [1.29, 1.82) is 0 Å². The molecule has 0 aromatic heterocycles. The largest absolute Gasteiger partial charge is 0.449 e. The van der Waals surface area contributed by atoms with E-state index in [0.717, 1.165) is 45.0 Å². The average molecular weight is 462 g/mol. The molecule has 1 saturated heterocycles. The smallest absolute Gasteiger partial charge is 0.310 e. The van der Waals surface area contributed by atoms with Crippen LogP contribution in [0.5, 0.6) is 0 Å². The lowest BCUT2D eigenvalue weighted by molar-refractivity contribution is -0.175. The Hall–Kier alpha value is -2.48. The van der Waals surface area contributed by atoms with Crippen molar-refractivity contribution in [3.8, 4) is 0 Å². The van der Waals surface area contributed by atoms with E-state index in [1.807, 2.05) is 17.1 Å². The molecule has 0 atom stereocenters. The van der Waals surface area contributed by atoms with Gasteiger partial charge >= 0.3 is 5.97 Å². The first kappa shape index (κ1) is 23.7. The average Bonchev–Trinajstić information content (AvgIpc) is 3.34. The second kappa shape index (κ2) is 10.2. The summed E-state index contributed by atoms with van der Waals surface area (Å²) < 4.78 is 32.9. The van der Waals surface area contributed by atoms with Crippen molar-refractivity contribution in [1.82, 2.24) is 4.90 Å². The summed E-state index contributed by atoms with van der Waals surface area (Å²) in [7, 11) is 0. The fourth-order valence-electron chi connectivity index (χ4n) is 5.23. The van der Waals surface area contributed by atoms with Gasteiger partial charge in [-0.1, -0.05) is 12.2 Å². The molecule has 1 heterocycles. The first-order valence-corrected chi connectivity index (χ1v) is 12.0. The zero-order valence-electron chi connectivity index (χ0n) is 19.0. The number of benzene rings is 1. The van der Waals surface area contributed by atoms with Gasteiger partial charge in [-0.3, -0.25) is 14.5 Å². The number of hydrogen-bond donors (Lipinski definition) is 1. The summed E-state index contributed by atoms with van der Waals surface area (Å²) in [4.78, 5) is 29.0. The Morgan fingerprint density at radius 2 is 1.73 bits per heavy atom. The second-order valence-electron chi connectivity index (χ2n) is 9.58. The van der Waals surface area contributed by atoms with E-state index < -0.39 is 23.1 Å². The monoisotopic (exact) mass is 461 g/mol. The number of anilines is 1. The predicted octanol–water partition coefficient (Wildman–Crippen LogP) is 3.40. The lowest BCUT2D eigenvalue weighted by atomic mass is 9.77. The number of nitrogens with two attached hydrogens (primary N) is 1. The zero-order valence-corrected chi connectivity index (χ0v) is 19.0. The molecule has 33 heavy (non-hydrogen) atoms. The van der Waals surface area contributed by atoms with Gasteiger partial charge < -0.3 is 15.4 Å². The van der Waals surface area contributed by atoms with Crippen molar-refractivity contribution in [2.45, 2.75) is 50.5 Å².